The van der Waals surface area contributed by atoms with Crippen molar-refractivity contribution in [3.63, 3.8) is 0 Å². The van der Waals surface area contributed by atoms with Crippen LogP contribution < -0.4 is 11.5 Å². The van der Waals surface area contributed by atoms with Crippen LogP contribution in [0.25, 0.3) is 0 Å². The maximum absolute atomic E-state index is 6.01. The second kappa shape index (κ2) is 7.87. The van der Waals surface area contributed by atoms with Crippen molar-refractivity contribution >= 4 is 23.5 Å². The number of guanidine groups is 2. The molecule has 1 aliphatic carbocycles. The van der Waals surface area contributed by atoms with Gasteiger partial charge >= 0.3 is 0 Å². The van der Waals surface area contributed by atoms with E-state index < -0.39 is 0 Å². The van der Waals surface area contributed by atoms with Crippen LogP contribution in [0, 0.1) is 11.8 Å². The summed E-state index contributed by atoms with van der Waals surface area (Å²) in [5.74, 6) is 6.43. The van der Waals surface area contributed by atoms with Crippen molar-refractivity contribution in [2.75, 3.05) is 39.8 Å². The van der Waals surface area contributed by atoms with E-state index in [2.05, 4.69) is 33.8 Å². The van der Waals surface area contributed by atoms with Gasteiger partial charge in [0.05, 0.1) is 6.54 Å². The SMILES string of the molecule is CN1CCN(C(N)=NC(N)=NCC2=CC#CCC(Cl)=C2)CC1. The summed E-state index contributed by atoms with van der Waals surface area (Å²) in [6.45, 7) is 4.00. The molecule has 0 aromatic rings. The number of hydrogen-bond acceptors (Lipinski definition) is 2. The summed E-state index contributed by atoms with van der Waals surface area (Å²) >= 11 is 6.01. The molecule has 0 spiro atoms. The molecule has 0 unspecified atom stereocenters. The van der Waals surface area contributed by atoms with Crippen LogP contribution in [0.15, 0.2) is 32.7 Å². The van der Waals surface area contributed by atoms with E-state index in [0.29, 0.717) is 24.0 Å². The van der Waals surface area contributed by atoms with Gasteiger partial charge in [0.25, 0.3) is 0 Å². The number of aliphatic imine (C=N–C) groups is 2. The third-order valence-electron chi connectivity index (χ3n) is 3.44. The molecule has 0 saturated carbocycles. The number of nitrogens with zero attached hydrogens (tertiary/aromatic N) is 4. The first-order valence-electron chi connectivity index (χ1n) is 7.15. The molecule has 0 aromatic heterocycles. The minimum Gasteiger partial charge on any atom is -0.369 e. The summed E-state index contributed by atoms with van der Waals surface area (Å²) in [4.78, 5) is 12.6. The van der Waals surface area contributed by atoms with Crippen LogP contribution in [0.5, 0.6) is 0 Å². The smallest absolute Gasteiger partial charge is 0.218 e. The Kier molecular flexibility index (Phi) is 5.87. The fraction of sp³-hybridized carbons (Fsp3) is 0.467. The molecule has 1 fully saturated rings. The normalized spacial score (nSPS) is 20.7. The van der Waals surface area contributed by atoms with Gasteiger partial charge < -0.3 is 21.3 Å². The standard InChI is InChI=1S/C15H21ClN6/c1-21-6-8-22(9-7-21)15(18)20-14(17)19-11-12-4-2-3-5-13(16)10-12/h4,10H,5-9,11H2,1H3,(H4,17,18,19,20). The first kappa shape index (κ1) is 16.4. The van der Waals surface area contributed by atoms with E-state index in [1.165, 1.54) is 0 Å². The minimum atomic E-state index is 0.166. The van der Waals surface area contributed by atoms with Crippen molar-refractivity contribution in [1.29, 1.82) is 0 Å². The van der Waals surface area contributed by atoms with Gasteiger partial charge in [0.1, 0.15) is 0 Å². The number of allylic oxidation sites excluding steroid dienone is 2. The zero-order valence-corrected chi connectivity index (χ0v) is 13.5. The lowest BCUT2D eigenvalue weighted by Gasteiger charge is -2.32. The van der Waals surface area contributed by atoms with E-state index in [1.807, 2.05) is 11.0 Å². The molecular formula is C15H21ClN6. The van der Waals surface area contributed by atoms with Crippen LogP contribution in [-0.2, 0) is 0 Å². The average molecular weight is 321 g/mol. The summed E-state index contributed by atoms with van der Waals surface area (Å²) in [7, 11) is 2.09. The summed E-state index contributed by atoms with van der Waals surface area (Å²) in [5.41, 5.74) is 12.7. The molecular weight excluding hydrogens is 300 g/mol. The van der Waals surface area contributed by atoms with Crippen LogP contribution in [0.1, 0.15) is 6.42 Å². The highest BCUT2D eigenvalue weighted by Gasteiger charge is 2.15. The highest BCUT2D eigenvalue weighted by Crippen LogP contribution is 2.13. The number of hydrogen-bond donors (Lipinski definition) is 2. The van der Waals surface area contributed by atoms with Gasteiger partial charge in [-0.15, -0.1) is 0 Å². The van der Waals surface area contributed by atoms with Crippen LogP contribution in [-0.4, -0.2) is 61.5 Å². The largest absolute Gasteiger partial charge is 0.369 e. The fourth-order valence-corrected chi connectivity index (χ4v) is 2.30. The highest BCUT2D eigenvalue weighted by molar-refractivity contribution is 6.30. The molecule has 0 aromatic carbocycles. The van der Waals surface area contributed by atoms with Gasteiger partial charge in [-0.3, -0.25) is 0 Å². The first-order chi connectivity index (χ1) is 10.5. The van der Waals surface area contributed by atoms with Gasteiger partial charge in [0.15, 0.2) is 5.96 Å². The highest BCUT2D eigenvalue weighted by atomic mass is 35.5. The number of halogens is 1. The third-order valence-corrected chi connectivity index (χ3v) is 3.68. The maximum atomic E-state index is 6.01. The Bertz CT molecular complexity index is 585. The third kappa shape index (κ3) is 5.10. The topological polar surface area (TPSA) is 83.2 Å². The molecule has 0 radical (unpaired) electrons. The molecule has 6 nitrogen and oxygen atoms in total. The molecule has 2 rings (SSSR count). The van der Waals surface area contributed by atoms with Gasteiger partial charge in [-0.25, -0.2) is 4.99 Å². The van der Waals surface area contributed by atoms with Crippen molar-refractivity contribution in [2.45, 2.75) is 6.42 Å². The Morgan fingerprint density at radius 3 is 2.77 bits per heavy atom. The summed E-state index contributed by atoms with van der Waals surface area (Å²) < 4.78 is 0. The van der Waals surface area contributed by atoms with E-state index >= 15 is 0 Å². The quantitative estimate of drug-likeness (QED) is 0.436. The first-order valence-corrected chi connectivity index (χ1v) is 7.53. The molecule has 7 heteroatoms. The van der Waals surface area contributed by atoms with Crippen molar-refractivity contribution in [1.82, 2.24) is 9.80 Å². The summed E-state index contributed by atoms with van der Waals surface area (Å²) in [6.07, 6.45) is 4.20. The number of likely N-dealkylation sites (N-methyl/N-ethyl adjacent to an activating group) is 1. The lowest BCUT2D eigenvalue weighted by Crippen LogP contribution is -2.50. The van der Waals surface area contributed by atoms with E-state index in [0.717, 1.165) is 31.8 Å². The average Bonchev–Trinajstić information content (AvgIpc) is 2.70. The zero-order chi connectivity index (χ0) is 15.9. The molecule has 22 heavy (non-hydrogen) atoms. The van der Waals surface area contributed by atoms with Gasteiger partial charge in [-0.1, -0.05) is 23.4 Å². The molecule has 0 amide bonds. The molecule has 2 aliphatic rings. The van der Waals surface area contributed by atoms with E-state index in [9.17, 15) is 0 Å². The predicted molar refractivity (Wildman–Crippen MR) is 91.6 cm³/mol. The lowest BCUT2D eigenvalue weighted by molar-refractivity contribution is 0.214. The van der Waals surface area contributed by atoms with Crippen LogP contribution in [0.3, 0.4) is 0 Å². The molecule has 1 aliphatic heterocycles. The Morgan fingerprint density at radius 1 is 1.32 bits per heavy atom. The Morgan fingerprint density at radius 2 is 2.05 bits per heavy atom. The Balaban J connectivity index is 1.95. The van der Waals surface area contributed by atoms with E-state index in [-0.39, 0.29) is 5.96 Å². The summed E-state index contributed by atoms with van der Waals surface area (Å²) in [6, 6.07) is 0. The van der Waals surface area contributed by atoms with Gasteiger partial charge in [-0.2, -0.15) is 4.99 Å². The van der Waals surface area contributed by atoms with Crippen LogP contribution in [0.2, 0.25) is 0 Å². The molecule has 1 heterocycles. The molecule has 0 bridgehead atoms. The van der Waals surface area contributed by atoms with Gasteiger partial charge in [-0.05, 0) is 24.8 Å². The molecule has 4 N–H and O–H groups in total. The van der Waals surface area contributed by atoms with Crippen molar-refractivity contribution < 1.29 is 0 Å². The fourth-order valence-electron chi connectivity index (χ4n) is 2.10. The van der Waals surface area contributed by atoms with Gasteiger partial charge in [0, 0.05) is 37.6 Å². The second-order valence-corrected chi connectivity index (χ2v) is 5.73. The zero-order valence-electron chi connectivity index (χ0n) is 12.7. The minimum absolute atomic E-state index is 0.166. The van der Waals surface area contributed by atoms with E-state index in [4.69, 9.17) is 23.1 Å². The molecule has 0 atom stereocenters. The Hall–Kier alpha value is -1.97. The number of piperazine rings is 1. The summed E-state index contributed by atoms with van der Waals surface area (Å²) in [5, 5.41) is 0.700. The van der Waals surface area contributed by atoms with Crippen molar-refractivity contribution in [2.24, 2.45) is 21.5 Å². The van der Waals surface area contributed by atoms with Crippen LogP contribution in [0.4, 0.5) is 0 Å². The number of nitrogens with two attached hydrogens (primary N) is 2. The number of rotatable bonds is 2. The monoisotopic (exact) mass is 320 g/mol. The lowest BCUT2D eigenvalue weighted by atomic mass is 10.2. The van der Waals surface area contributed by atoms with Gasteiger partial charge in [0.2, 0.25) is 5.96 Å². The maximum Gasteiger partial charge on any atom is 0.218 e. The molecule has 1 saturated heterocycles. The predicted octanol–water partition coefficient (Wildman–Crippen LogP) is 0.319. The van der Waals surface area contributed by atoms with Crippen LogP contribution >= 0.6 is 11.6 Å². The second-order valence-electron chi connectivity index (χ2n) is 5.24. The molecule has 118 valence electrons. The Labute approximate surface area is 136 Å². The van der Waals surface area contributed by atoms with Crippen molar-refractivity contribution in [3.8, 4) is 11.8 Å². The van der Waals surface area contributed by atoms with Crippen molar-refractivity contribution in [3.05, 3.63) is 22.8 Å². The van der Waals surface area contributed by atoms with E-state index in [1.54, 1.807) is 6.08 Å².